The number of carbonyl (C=O) groups is 2. The summed E-state index contributed by atoms with van der Waals surface area (Å²) in [6.45, 7) is 0.295. The zero-order valence-electron chi connectivity index (χ0n) is 19.0. The highest BCUT2D eigenvalue weighted by Gasteiger charge is 2.56. The molecule has 3 atom stereocenters. The number of aromatic amines is 1. The van der Waals surface area contributed by atoms with E-state index in [-0.39, 0.29) is 16.7 Å². The molecular weight excluding hydrogens is 551 g/mol. The molecule has 0 saturated carbocycles. The Morgan fingerprint density at radius 2 is 1.54 bits per heavy atom. The largest absolute Gasteiger partial charge is 0.489 e. The smallest absolute Gasteiger partial charge is 0.305 e. The van der Waals surface area contributed by atoms with Crippen molar-refractivity contribution in [3.8, 4) is 5.75 Å². The summed E-state index contributed by atoms with van der Waals surface area (Å²) in [5, 5.41) is 1.08. The molecule has 4 aromatic rings. The summed E-state index contributed by atoms with van der Waals surface area (Å²) in [5.74, 6) is -1.27. The standard InChI is InChI=1S/C27H18Cl2N2O4S2/c28-15-7-5-14(6-8-15)13-35-19-4-2-1-3-18(19)20-21-23(36-24-22(20)37-27(34)30-24)26(33)31(25(21)32)17-11-9-16(29)10-12-17/h1-12,20-21,23H,13H2,(H,30,34)/t20-,21?,23?/m1/s1. The van der Waals surface area contributed by atoms with Gasteiger partial charge in [-0.05, 0) is 48.0 Å². The van der Waals surface area contributed by atoms with E-state index in [2.05, 4.69) is 4.98 Å². The third-order valence-corrected chi connectivity index (χ3v) is 9.38. The average molecular weight is 569 g/mol. The Labute approximate surface area is 230 Å². The number of hydrogen-bond donors (Lipinski definition) is 1. The Morgan fingerprint density at radius 3 is 2.27 bits per heavy atom. The minimum Gasteiger partial charge on any atom is -0.489 e. The lowest BCUT2D eigenvalue weighted by Gasteiger charge is -2.30. The van der Waals surface area contributed by atoms with Crippen LogP contribution in [0, 0.1) is 5.92 Å². The molecule has 0 aliphatic carbocycles. The van der Waals surface area contributed by atoms with Gasteiger partial charge < -0.3 is 9.72 Å². The molecule has 1 aromatic heterocycles. The van der Waals surface area contributed by atoms with E-state index in [1.807, 2.05) is 36.4 Å². The first kappa shape index (κ1) is 24.3. The molecule has 3 aromatic carbocycles. The molecule has 2 aliphatic heterocycles. The summed E-state index contributed by atoms with van der Waals surface area (Å²) in [6, 6.07) is 21.5. The average Bonchev–Trinajstić information content (AvgIpc) is 3.39. The first-order chi connectivity index (χ1) is 17.9. The van der Waals surface area contributed by atoms with E-state index in [1.54, 1.807) is 36.4 Å². The highest BCUT2D eigenvalue weighted by Crippen LogP contribution is 2.54. The molecule has 1 fully saturated rings. The molecule has 1 N–H and O–H groups in total. The second-order valence-electron chi connectivity index (χ2n) is 8.69. The lowest BCUT2D eigenvalue weighted by Crippen LogP contribution is -2.32. The predicted molar refractivity (Wildman–Crippen MR) is 146 cm³/mol. The van der Waals surface area contributed by atoms with E-state index in [4.69, 9.17) is 27.9 Å². The predicted octanol–water partition coefficient (Wildman–Crippen LogP) is 6.12. The molecule has 2 amide bonds. The van der Waals surface area contributed by atoms with Crippen molar-refractivity contribution in [1.82, 2.24) is 4.98 Å². The highest BCUT2D eigenvalue weighted by atomic mass is 35.5. The van der Waals surface area contributed by atoms with Crippen LogP contribution >= 0.6 is 46.3 Å². The minimum absolute atomic E-state index is 0.225. The molecule has 2 unspecified atom stereocenters. The number of imide groups is 1. The normalized spacial score (nSPS) is 20.6. The number of aromatic nitrogens is 1. The number of rotatable bonds is 5. The van der Waals surface area contributed by atoms with Gasteiger partial charge in [-0.25, -0.2) is 4.90 Å². The highest BCUT2D eigenvalue weighted by molar-refractivity contribution is 8.00. The third kappa shape index (κ3) is 4.38. The van der Waals surface area contributed by atoms with Crippen LogP contribution in [0.1, 0.15) is 21.9 Å². The minimum atomic E-state index is -0.701. The topological polar surface area (TPSA) is 79.5 Å². The van der Waals surface area contributed by atoms with Gasteiger partial charge in [0.1, 0.15) is 17.6 Å². The summed E-state index contributed by atoms with van der Waals surface area (Å²) >= 11 is 14.3. The summed E-state index contributed by atoms with van der Waals surface area (Å²) in [4.78, 5) is 44.4. The molecule has 6 rings (SSSR count). The van der Waals surface area contributed by atoms with Crippen molar-refractivity contribution >= 4 is 63.8 Å². The molecule has 0 radical (unpaired) electrons. The summed E-state index contributed by atoms with van der Waals surface area (Å²) in [7, 11) is 0. The molecule has 3 heterocycles. The van der Waals surface area contributed by atoms with Gasteiger partial charge in [0, 0.05) is 26.4 Å². The van der Waals surface area contributed by atoms with Gasteiger partial charge >= 0.3 is 4.87 Å². The van der Waals surface area contributed by atoms with Crippen molar-refractivity contribution in [2.45, 2.75) is 22.8 Å². The lowest BCUT2D eigenvalue weighted by atomic mass is 9.82. The number of benzene rings is 3. The first-order valence-electron chi connectivity index (χ1n) is 11.4. The lowest BCUT2D eigenvalue weighted by molar-refractivity contribution is -0.122. The van der Waals surface area contributed by atoms with E-state index in [9.17, 15) is 14.4 Å². The van der Waals surface area contributed by atoms with Crippen LogP contribution in [0.4, 0.5) is 5.69 Å². The molecule has 1 saturated heterocycles. The van der Waals surface area contributed by atoms with E-state index < -0.39 is 17.1 Å². The number of nitrogens with zero attached hydrogens (tertiary/aromatic N) is 1. The zero-order valence-corrected chi connectivity index (χ0v) is 22.2. The van der Waals surface area contributed by atoms with Gasteiger partial charge in [-0.15, -0.1) is 0 Å². The van der Waals surface area contributed by atoms with Crippen molar-refractivity contribution in [3.63, 3.8) is 0 Å². The van der Waals surface area contributed by atoms with Gasteiger partial charge in [0.05, 0.1) is 16.6 Å². The molecule has 186 valence electrons. The quantitative estimate of drug-likeness (QED) is 0.293. The van der Waals surface area contributed by atoms with E-state index in [0.717, 1.165) is 27.3 Å². The maximum Gasteiger partial charge on any atom is 0.305 e. The van der Waals surface area contributed by atoms with Gasteiger partial charge in [-0.2, -0.15) is 0 Å². The van der Waals surface area contributed by atoms with Crippen LogP contribution in [0.25, 0.3) is 0 Å². The summed E-state index contributed by atoms with van der Waals surface area (Å²) < 4.78 is 6.22. The van der Waals surface area contributed by atoms with Gasteiger partial charge in [-0.3, -0.25) is 14.4 Å². The second-order valence-corrected chi connectivity index (χ2v) is 11.7. The Kier molecular flexibility index (Phi) is 6.36. The summed E-state index contributed by atoms with van der Waals surface area (Å²) in [6.07, 6.45) is 0. The van der Waals surface area contributed by atoms with Crippen molar-refractivity contribution in [2.75, 3.05) is 4.90 Å². The number of nitrogens with one attached hydrogen (secondary N) is 1. The molecular formula is C27H18Cl2N2O4S2. The second kappa shape index (κ2) is 9.68. The Morgan fingerprint density at radius 1 is 0.865 bits per heavy atom. The van der Waals surface area contributed by atoms with E-state index in [0.29, 0.717) is 33.1 Å². The van der Waals surface area contributed by atoms with E-state index in [1.165, 1.54) is 16.7 Å². The van der Waals surface area contributed by atoms with Crippen molar-refractivity contribution < 1.29 is 14.3 Å². The third-order valence-electron chi connectivity index (χ3n) is 6.47. The molecule has 6 nitrogen and oxygen atoms in total. The number of thiazole rings is 1. The maximum absolute atomic E-state index is 13.9. The number of amides is 2. The van der Waals surface area contributed by atoms with Crippen LogP contribution in [-0.2, 0) is 16.2 Å². The van der Waals surface area contributed by atoms with Gasteiger partial charge in [0.25, 0.3) is 0 Å². The molecule has 10 heteroatoms. The molecule has 2 aliphatic rings. The number of carbonyl (C=O) groups excluding carboxylic acids is 2. The summed E-state index contributed by atoms with van der Waals surface area (Å²) in [5.41, 5.74) is 2.16. The van der Waals surface area contributed by atoms with Crippen LogP contribution in [0.5, 0.6) is 5.75 Å². The maximum atomic E-state index is 13.9. The number of H-pyrrole nitrogens is 1. The SMILES string of the molecule is O=C1C2Sc3[nH]c(=O)sc3[C@H](c3ccccc3OCc3ccc(Cl)cc3)C2C(=O)N1c1ccc(Cl)cc1. The van der Waals surface area contributed by atoms with Gasteiger partial charge in [0.2, 0.25) is 11.8 Å². The number of halogens is 2. The van der Waals surface area contributed by atoms with Crippen molar-refractivity contribution in [1.29, 1.82) is 0 Å². The number of anilines is 1. The monoisotopic (exact) mass is 568 g/mol. The van der Waals surface area contributed by atoms with Gasteiger partial charge in [-0.1, -0.05) is 76.6 Å². The van der Waals surface area contributed by atoms with Crippen LogP contribution in [-0.4, -0.2) is 22.0 Å². The van der Waals surface area contributed by atoms with Crippen LogP contribution in [0.3, 0.4) is 0 Å². The van der Waals surface area contributed by atoms with Gasteiger partial charge in [0.15, 0.2) is 0 Å². The fourth-order valence-corrected chi connectivity index (χ4v) is 7.57. The van der Waals surface area contributed by atoms with Crippen molar-refractivity contribution in [3.05, 3.63) is 109 Å². The molecule has 0 spiro atoms. The molecule has 37 heavy (non-hydrogen) atoms. The number of para-hydroxylation sites is 1. The number of thioether (sulfide) groups is 1. The zero-order chi connectivity index (χ0) is 25.7. The van der Waals surface area contributed by atoms with Crippen molar-refractivity contribution in [2.24, 2.45) is 5.92 Å². The number of hydrogen-bond acceptors (Lipinski definition) is 6. The Balaban J connectivity index is 1.41. The first-order valence-corrected chi connectivity index (χ1v) is 13.8. The fraction of sp³-hybridized carbons (Fsp3) is 0.148. The Bertz CT molecular complexity index is 1570. The fourth-order valence-electron chi connectivity index (χ4n) is 4.81. The molecule has 0 bridgehead atoms. The number of fused-ring (bicyclic) bond motifs is 2. The Hall–Kier alpha value is -3.04. The van der Waals surface area contributed by atoms with Crippen LogP contribution in [0.2, 0.25) is 10.0 Å². The number of ether oxygens (including phenoxy) is 1. The van der Waals surface area contributed by atoms with Crippen LogP contribution < -0.4 is 14.5 Å². The van der Waals surface area contributed by atoms with Crippen LogP contribution in [0.15, 0.2) is 82.6 Å². The van der Waals surface area contributed by atoms with E-state index >= 15 is 0 Å².